The highest BCUT2D eigenvalue weighted by molar-refractivity contribution is 6.18. The van der Waals surface area contributed by atoms with Crippen LogP contribution in [-0.2, 0) is 0 Å². The molecule has 0 bridgehead atoms. The molecule has 0 aromatic carbocycles. The van der Waals surface area contributed by atoms with E-state index in [0.29, 0.717) is 12.4 Å². The van der Waals surface area contributed by atoms with Crippen LogP contribution >= 0.6 is 23.2 Å². The molecule has 0 aliphatic rings. The van der Waals surface area contributed by atoms with Gasteiger partial charge in [-0.15, -0.1) is 23.2 Å². The van der Waals surface area contributed by atoms with Gasteiger partial charge in [0.2, 0.25) is 0 Å². The Hall–Kier alpha value is 0.540. The highest BCUT2D eigenvalue weighted by atomic mass is 35.5. The van der Waals surface area contributed by atoms with Crippen LogP contribution in [0.25, 0.3) is 0 Å². The fourth-order valence-electron chi connectivity index (χ4n) is 0. The Morgan fingerprint density at radius 2 is 1.57 bits per heavy atom. The molecule has 0 saturated carbocycles. The van der Waals surface area contributed by atoms with E-state index in [1.807, 2.05) is 6.92 Å². The first kappa shape index (κ1) is 10.5. The monoisotopic (exact) mass is 143 g/mol. The lowest BCUT2D eigenvalue weighted by Gasteiger charge is -1.68. The minimum atomic E-state index is 0.569. The van der Waals surface area contributed by atoms with Crippen molar-refractivity contribution < 1.29 is 0 Å². The van der Waals surface area contributed by atoms with E-state index in [-0.39, 0.29) is 0 Å². The second-order valence-corrected chi connectivity index (χ2v) is 1.66. The van der Waals surface area contributed by atoms with E-state index in [9.17, 15) is 0 Å². The molecule has 46 valence electrons. The molecular formula is C4H11Cl2N. The van der Waals surface area contributed by atoms with Gasteiger partial charge in [0, 0.05) is 18.3 Å². The van der Waals surface area contributed by atoms with E-state index in [0.717, 1.165) is 5.88 Å². The van der Waals surface area contributed by atoms with Crippen LogP contribution in [0.2, 0.25) is 0 Å². The minimum absolute atomic E-state index is 0.569. The summed E-state index contributed by atoms with van der Waals surface area (Å²) in [4.78, 5) is 0. The summed E-state index contributed by atoms with van der Waals surface area (Å²) in [6.45, 7) is 2.48. The van der Waals surface area contributed by atoms with E-state index >= 15 is 0 Å². The van der Waals surface area contributed by atoms with Crippen LogP contribution in [0.4, 0.5) is 0 Å². The Labute approximate surface area is 54.8 Å². The normalized spacial score (nSPS) is 6.86. The summed E-state index contributed by atoms with van der Waals surface area (Å²) in [5.74, 6) is 1.29. The Bertz CT molecular complexity index is 17.2. The lowest BCUT2D eigenvalue weighted by atomic mass is 10.8. The third-order valence-corrected chi connectivity index (χ3v) is 0.327. The summed E-state index contributed by atoms with van der Waals surface area (Å²) < 4.78 is 0. The lowest BCUT2D eigenvalue weighted by molar-refractivity contribution is 1.14. The van der Waals surface area contributed by atoms with Crippen LogP contribution in [0.3, 0.4) is 0 Å². The maximum absolute atomic E-state index is 5.06. The van der Waals surface area contributed by atoms with E-state index in [1.165, 1.54) is 0 Å². The molecular weight excluding hydrogens is 133 g/mol. The van der Waals surface area contributed by atoms with Crippen LogP contribution in [0.1, 0.15) is 6.92 Å². The fraction of sp³-hybridized carbons (Fsp3) is 1.00. The van der Waals surface area contributed by atoms with Gasteiger partial charge in [-0.2, -0.15) is 0 Å². The Kier molecular flexibility index (Phi) is 24.0. The van der Waals surface area contributed by atoms with Gasteiger partial charge < -0.3 is 5.73 Å². The summed E-state index contributed by atoms with van der Waals surface area (Å²) in [7, 11) is 0. The molecule has 0 rings (SSSR count). The Morgan fingerprint density at radius 3 is 1.57 bits per heavy atom. The van der Waals surface area contributed by atoms with Crippen molar-refractivity contribution in [3.63, 3.8) is 0 Å². The number of nitrogens with two attached hydrogens (primary N) is 1. The summed E-state index contributed by atoms with van der Waals surface area (Å²) in [5.41, 5.74) is 4.90. The zero-order valence-electron chi connectivity index (χ0n) is 4.45. The molecule has 7 heavy (non-hydrogen) atoms. The van der Waals surface area contributed by atoms with Crippen molar-refractivity contribution >= 4 is 23.2 Å². The lowest BCUT2D eigenvalue weighted by Crippen LogP contribution is -1.97. The van der Waals surface area contributed by atoms with E-state index in [1.54, 1.807) is 0 Å². The second-order valence-electron chi connectivity index (χ2n) is 0.745. The molecule has 3 heteroatoms. The molecule has 0 atom stereocenters. The number of hydrogen-bond donors (Lipinski definition) is 1. The van der Waals surface area contributed by atoms with Crippen LogP contribution < -0.4 is 5.73 Å². The summed E-state index contributed by atoms with van der Waals surface area (Å²) >= 11 is 10.1. The van der Waals surface area contributed by atoms with Gasteiger partial charge in [-0.3, -0.25) is 0 Å². The third-order valence-electron chi connectivity index (χ3n) is 0.109. The quantitative estimate of drug-likeness (QED) is 0.553. The van der Waals surface area contributed by atoms with Crippen molar-refractivity contribution in [1.29, 1.82) is 0 Å². The maximum Gasteiger partial charge on any atom is 0.0346 e. The summed E-state index contributed by atoms with van der Waals surface area (Å²) in [5, 5.41) is 0. The molecule has 1 nitrogen and oxygen atoms in total. The van der Waals surface area contributed by atoms with Crippen molar-refractivity contribution in [2.45, 2.75) is 6.92 Å². The number of halogens is 2. The van der Waals surface area contributed by atoms with Gasteiger partial charge in [0.05, 0.1) is 0 Å². The van der Waals surface area contributed by atoms with Crippen molar-refractivity contribution in [2.75, 3.05) is 18.3 Å². The molecule has 0 aromatic rings. The SMILES string of the molecule is CCCl.NCCCl. The fourth-order valence-corrected chi connectivity index (χ4v) is 0. The number of hydrogen-bond acceptors (Lipinski definition) is 1. The first-order valence-electron chi connectivity index (χ1n) is 2.15. The zero-order chi connectivity index (χ0) is 6.12. The van der Waals surface area contributed by atoms with Gasteiger partial charge in [0.1, 0.15) is 0 Å². The first-order valence-corrected chi connectivity index (χ1v) is 3.22. The first-order chi connectivity index (χ1) is 3.33. The Balaban J connectivity index is 0. The van der Waals surface area contributed by atoms with Gasteiger partial charge in [-0.25, -0.2) is 0 Å². The number of alkyl halides is 2. The highest BCUT2D eigenvalue weighted by Gasteiger charge is 1.58. The molecule has 0 amide bonds. The van der Waals surface area contributed by atoms with Gasteiger partial charge in [0.25, 0.3) is 0 Å². The minimum Gasteiger partial charge on any atom is -0.329 e. The predicted octanol–water partition coefficient (Wildman–Crippen LogP) is 1.43. The van der Waals surface area contributed by atoms with Gasteiger partial charge in [-0.1, -0.05) is 6.92 Å². The Morgan fingerprint density at radius 1 is 1.43 bits per heavy atom. The van der Waals surface area contributed by atoms with Crippen LogP contribution in [0, 0.1) is 0 Å². The third kappa shape index (κ3) is 56.8. The van der Waals surface area contributed by atoms with Gasteiger partial charge in [-0.05, 0) is 0 Å². The molecule has 0 saturated heterocycles. The highest BCUT2D eigenvalue weighted by Crippen LogP contribution is 1.60. The van der Waals surface area contributed by atoms with Crippen molar-refractivity contribution in [3.05, 3.63) is 0 Å². The topological polar surface area (TPSA) is 26.0 Å². The standard InChI is InChI=1S/C2H6ClN.C2H5Cl/c3-1-2-4;1-2-3/h1-2,4H2;2H2,1H3. The average Bonchev–Trinajstić information content (AvgIpc) is 1.69. The van der Waals surface area contributed by atoms with E-state index in [4.69, 9.17) is 28.9 Å². The van der Waals surface area contributed by atoms with E-state index in [2.05, 4.69) is 0 Å². The number of rotatable bonds is 1. The van der Waals surface area contributed by atoms with Gasteiger partial charge >= 0.3 is 0 Å². The second kappa shape index (κ2) is 16.0. The molecule has 0 fully saturated rings. The van der Waals surface area contributed by atoms with Crippen LogP contribution in [0.5, 0.6) is 0 Å². The summed E-state index contributed by atoms with van der Waals surface area (Å²) in [6.07, 6.45) is 0. The molecule has 2 N–H and O–H groups in total. The average molecular weight is 144 g/mol. The smallest absolute Gasteiger partial charge is 0.0346 e. The van der Waals surface area contributed by atoms with Crippen molar-refractivity contribution in [1.82, 2.24) is 0 Å². The summed E-state index contributed by atoms with van der Waals surface area (Å²) in [6, 6.07) is 0. The maximum atomic E-state index is 5.06. The predicted molar refractivity (Wildman–Crippen MR) is 36.2 cm³/mol. The van der Waals surface area contributed by atoms with E-state index < -0.39 is 0 Å². The zero-order valence-corrected chi connectivity index (χ0v) is 5.97. The molecule has 0 aliphatic heterocycles. The molecule has 0 heterocycles. The van der Waals surface area contributed by atoms with Crippen molar-refractivity contribution in [3.8, 4) is 0 Å². The molecule has 0 aromatic heterocycles. The molecule has 0 aliphatic carbocycles. The van der Waals surface area contributed by atoms with Gasteiger partial charge in [0.15, 0.2) is 0 Å². The van der Waals surface area contributed by atoms with Crippen LogP contribution in [0.15, 0.2) is 0 Å². The molecule has 0 spiro atoms. The van der Waals surface area contributed by atoms with Crippen LogP contribution in [-0.4, -0.2) is 18.3 Å². The molecule has 0 unspecified atom stereocenters. The largest absolute Gasteiger partial charge is 0.329 e. The van der Waals surface area contributed by atoms with Crippen molar-refractivity contribution in [2.24, 2.45) is 5.73 Å². The molecule has 0 radical (unpaired) electrons.